The maximum absolute atomic E-state index is 12.3. The van der Waals surface area contributed by atoms with Crippen molar-refractivity contribution in [2.75, 3.05) is 20.2 Å². The molecule has 26 heavy (non-hydrogen) atoms. The number of ether oxygens (including phenoxy) is 3. The zero-order valence-electron chi connectivity index (χ0n) is 14.9. The van der Waals surface area contributed by atoms with Crippen LogP contribution in [0.15, 0.2) is 11.8 Å². The van der Waals surface area contributed by atoms with Gasteiger partial charge in [0.05, 0.1) is 18.4 Å². The van der Waals surface area contributed by atoms with Crippen molar-refractivity contribution in [1.29, 1.82) is 0 Å². The summed E-state index contributed by atoms with van der Waals surface area (Å²) in [5.74, 6) is -0.210. The zero-order valence-corrected chi connectivity index (χ0v) is 14.9. The quantitative estimate of drug-likeness (QED) is 0.471. The number of carbonyl (C=O) groups is 1. The van der Waals surface area contributed by atoms with Crippen molar-refractivity contribution < 1.29 is 39.4 Å². The maximum Gasteiger partial charge on any atom is 0.252 e. The van der Waals surface area contributed by atoms with Gasteiger partial charge in [0.2, 0.25) is 6.29 Å². The summed E-state index contributed by atoms with van der Waals surface area (Å²) < 4.78 is 16.8. The Morgan fingerprint density at radius 2 is 1.96 bits per heavy atom. The third-order valence-corrected chi connectivity index (χ3v) is 5.55. The number of carbonyl (C=O) groups excluding carboxylic acids is 1. The molecule has 0 radical (unpaired) electrons. The van der Waals surface area contributed by atoms with Crippen LogP contribution in [0.1, 0.15) is 19.8 Å². The molecule has 0 saturated carbocycles. The zero-order chi connectivity index (χ0) is 19.0. The molecule has 9 nitrogen and oxygen atoms in total. The lowest BCUT2D eigenvalue weighted by molar-refractivity contribution is -0.342. The lowest BCUT2D eigenvalue weighted by Gasteiger charge is -2.45. The van der Waals surface area contributed by atoms with Gasteiger partial charge in [0, 0.05) is 25.4 Å². The number of likely N-dealkylation sites (tertiary alicyclic amines) is 1. The molecule has 3 heterocycles. The summed E-state index contributed by atoms with van der Waals surface area (Å²) in [5.41, 5.74) is 0.610. The molecule has 0 aromatic carbocycles. The van der Waals surface area contributed by atoms with Crippen LogP contribution >= 0.6 is 0 Å². The minimum absolute atomic E-state index is 0.0210. The summed E-state index contributed by atoms with van der Waals surface area (Å²) in [7, 11) is 1.75. The Labute approximate surface area is 151 Å². The van der Waals surface area contributed by atoms with E-state index in [1.165, 1.54) is 6.26 Å². The van der Waals surface area contributed by atoms with Crippen molar-refractivity contribution >= 4 is 5.91 Å². The Hall–Kier alpha value is -1.23. The molecule has 0 aromatic rings. The minimum atomic E-state index is -1.51. The number of fused-ring (bicyclic) bond motifs is 1. The molecule has 2 fully saturated rings. The fourth-order valence-corrected chi connectivity index (χ4v) is 3.90. The summed E-state index contributed by atoms with van der Waals surface area (Å²) in [5, 5.41) is 39.2. The van der Waals surface area contributed by atoms with Crippen LogP contribution in [0.4, 0.5) is 0 Å². The van der Waals surface area contributed by atoms with Gasteiger partial charge in [-0.15, -0.1) is 0 Å². The van der Waals surface area contributed by atoms with Gasteiger partial charge in [-0.1, -0.05) is 6.92 Å². The summed E-state index contributed by atoms with van der Waals surface area (Å²) in [6, 6.07) is 0. The van der Waals surface area contributed by atoms with Crippen molar-refractivity contribution in [2.45, 2.75) is 56.8 Å². The second-order valence-corrected chi connectivity index (χ2v) is 7.11. The average Bonchev–Trinajstić information content (AvgIpc) is 2.64. The van der Waals surface area contributed by atoms with Crippen LogP contribution in [-0.4, -0.2) is 88.4 Å². The molecule has 3 aliphatic rings. The van der Waals surface area contributed by atoms with E-state index < -0.39 is 43.6 Å². The third-order valence-electron chi connectivity index (χ3n) is 5.55. The van der Waals surface area contributed by atoms with Gasteiger partial charge in [0.1, 0.15) is 24.4 Å². The van der Waals surface area contributed by atoms with E-state index in [-0.39, 0.29) is 17.7 Å². The Morgan fingerprint density at radius 3 is 2.62 bits per heavy atom. The number of hydrogen-bond acceptors (Lipinski definition) is 8. The third kappa shape index (κ3) is 3.35. The van der Waals surface area contributed by atoms with Crippen LogP contribution in [-0.2, 0) is 19.0 Å². The van der Waals surface area contributed by atoms with Gasteiger partial charge in [-0.2, -0.15) is 0 Å². The number of amides is 1. The van der Waals surface area contributed by atoms with E-state index in [4.69, 9.17) is 14.2 Å². The molecule has 0 spiro atoms. The average molecular weight is 373 g/mol. The summed E-state index contributed by atoms with van der Waals surface area (Å²) in [4.78, 5) is 14.0. The second-order valence-electron chi connectivity index (χ2n) is 7.11. The summed E-state index contributed by atoms with van der Waals surface area (Å²) >= 11 is 0. The first-order valence-corrected chi connectivity index (χ1v) is 8.96. The van der Waals surface area contributed by atoms with Gasteiger partial charge in [-0.25, -0.2) is 0 Å². The topological polar surface area (TPSA) is 129 Å². The van der Waals surface area contributed by atoms with Gasteiger partial charge in [-0.3, -0.25) is 4.79 Å². The Morgan fingerprint density at radius 1 is 1.23 bits per heavy atom. The van der Waals surface area contributed by atoms with Gasteiger partial charge in [0.15, 0.2) is 6.29 Å². The van der Waals surface area contributed by atoms with Crippen molar-refractivity contribution in [3.8, 4) is 0 Å². The molecule has 0 aliphatic carbocycles. The SMILES string of the molecule is CC[C@H]1[C@H](O[C@@H]2O[C@H](CO)[C@@H](O)[C@H](O)[C@H]2O)OC=C2C(=O)N(C)CC[C@H]21. The fraction of sp³-hybridized carbons (Fsp3) is 0.824. The second kappa shape index (κ2) is 7.79. The molecular weight excluding hydrogens is 346 g/mol. The molecule has 9 heteroatoms. The van der Waals surface area contributed by atoms with Crippen LogP contribution < -0.4 is 0 Å². The van der Waals surface area contributed by atoms with Gasteiger partial charge < -0.3 is 39.5 Å². The van der Waals surface area contributed by atoms with Crippen LogP contribution in [0.2, 0.25) is 0 Å². The molecule has 1 amide bonds. The van der Waals surface area contributed by atoms with E-state index in [1.54, 1.807) is 11.9 Å². The lowest BCUT2D eigenvalue weighted by atomic mass is 9.78. The normalized spacial score (nSPS) is 43.5. The fourth-order valence-electron chi connectivity index (χ4n) is 3.90. The lowest BCUT2D eigenvalue weighted by Crippen LogP contribution is -2.60. The van der Waals surface area contributed by atoms with E-state index in [2.05, 4.69) is 0 Å². The van der Waals surface area contributed by atoms with Crippen molar-refractivity contribution in [2.24, 2.45) is 11.8 Å². The first-order valence-electron chi connectivity index (χ1n) is 8.96. The van der Waals surface area contributed by atoms with Crippen LogP contribution in [0.5, 0.6) is 0 Å². The molecule has 2 saturated heterocycles. The number of rotatable bonds is 4. The first kappa shape index (κ1) is 19.5. The number of nitrogens with zero attached hydrogens (tertiary/aromatic N) is 1. The standard InChI is InChI=1S/C17H27NO8/c1-3-8-9-4-5-18(2)15(23)10(9)7-24-16(8)26-17-14(22)13(21)12(20)11(6-19)25-17/h7-9,11-14,16-17,19-22H,3-6H2,1-2H3/t8-,9+,11-,12-,13+,14-,16+,17+/m1/s1. The molecule has 148 valence electrons. The molecule has 3 aliphatic heterocycles. The number of aliphatic hydroxyl groups is 4. The van der Waals surface area contributed by atoms with Crippen LogP contribution in [0.3, 0.4) is 0 Å². The van der Waals surface area contributed by atoms with Gasteiger partial charge in [0.25, 0.3) is 5.91 Å². The Bertz CT molecular complexity index is 553. The molecular formula is C17H27NO8. The number of hydrogen-bond donors (Lipinski definition) is 4. The molecule has 8 atom stereocenters. The highest BCUT2D eigenvalue weighted by atomic mass is 16.8. The van der Waals surface area contributed by atoms with Crippen molar-refractivity contribution in [3.05, 3.63) is 11.8 Å². The molecule has 0 unspecified atom stereocenters. The first-order chi connectivity index (χ1) is 12.4. The number of aliphatic hydroxyl groups excluding tert-OH is 4. The van der Waals surface area contributed by atoms with Gasteiger partial charge in [-0.05, 0) is 12.8 Å². The minimum Gasteiger partial charge on any atom is -0.472 e. The van der Waals surface area contributed by atoms with Crippen molar-refractivity contribution in [3.63, 3.8) is 0 Å². The van der Waals surface area contributed by atoms with E-state index >= 15 is 0 Å². The van der Waals surface area contributed by atoms with Gasteiger partial charge >= 0.3 is 0 Å². The number of likely N-dealkylation sites (N-methyl/N-ethyl adjacent to an activating group) is 1. The van der Waals surface area contributed by atoms with E-state index in [1.807, 2.05) is 6.92 Å². The predicted molar refractivity (Wildman–Crippen MR) is 87.3 cm³/mol. The predicted octanol–water partition coefficient (Wildman–Crippen LogP) is -1.45. The Kier molecular flexibility index (Phi) is 5.85. The highest BCUT2D eigenvalue weighted by Gasteiger charge is 2.48. The van der Waals surface area contributed by atoms with Crippen molar-refractivity contribution in [1.82, 2.24) is 4.90 Å². The highest BCUT2D eigenvalue weighted by Crippen LogP contribution is 2.40. The van der Waals surface area contributed by atoms with E-state index in [9.17, 15) is 25.2 Å². The van der Waals surface area contributed by atoms with E-state index in [0.717, 1.165) is 6.42 Å². The number of piperidine rings is 1. The monoisotopic (exact) mass is 373 g/mol. The molecule has 4 N–H and O–H groups in total. The van der Waals surface area contributed by atoms with Crippen LogP contribution in [0, 0.1) is 11.8 Å². The summed E-state index contributed by atoms with van der Waals surface area (Å²) in [6.07, 6.45) is -4.65. The highest BCUT2D eigenvalue weighted by molar-refractivity contribution is 5.94. The maximum atomic E-state index is 12.3. The summed E-state index contributed by atoms with van der Waals surface area (Å²) in [6.45, 7) is 2.08. The molecule has 0 bridgehead atoms. The smallest absolute Gasteiger partial charge is 0.252 e. The van der Waals surface area contributed by atoms with E-state index in [0.29, 0.717) is 18.5 Å². The van der Waals surface area contributed by atoms with Crippen LogP contribution in [0.25, 0.3) is 0 Å². The molecule has 3 rings (SSSR count). The molecule has 0 aromatic heterocycles. The Balaban J connectivity index is 1.75. The largest absolute Gasteiger partial charge is 0.472 e.